The van der Waals surface area contributed by atoms with Crippen LogP contribution in [0.2, 0.25) is 0 Å². The number of pyridine rings is 1. The molecular formula is C22H20N8O2. The van der Waals surface area contributed by atoms with Crippen LogP contribution in [0.5, 0.6) is 0 Å². The Hall–Kier alpha value is -4.47. The van der Waals surface area contributed by atoms with Crippen molar-refractivity contribution in [1.82, 2.24) is 29.7 Å². The van der Waals surface area contributed by atoms with Gasteiger partial charge in [-0.1, -0.05) is 12.1 Å². The lowest BCUT2D eigenvalue weighted by atomic mass is 10.1. The summed E-state index contributed by atoms with van der Waals surface area (Å²) in [7, 11) is 0. The Kier molecular flexibility index (Phi) is 5.93. The fourth-order valence-corrected chi connectivity index (χ4v) is 2.98. The highest BCUT2D eigenvalue weighted by atomic mass is 16.2. The van der Waals surface area contributed by atoms with Gasteiger partial charge >= 0.3 is 0 Å². The molecule has 0 spiro atoms. The van der Waals surface area contributed by atoms with Gasteiger partial charge < -0.3 is 15.2 Å². The zero-order valence-corrected chi connectivity index (χ0v) is 17.4. The molecule has 10 nitrogen and oxygen atoms in total. The van der Waals surface area contributed by atoms with Gasteiger partial charge in [-0.15, -0.1) is 10.2 Å². The molecule has 0 bridgehead atoms. The van der Waals surface area contributed by atoms with Crippen LogP contribution in [0, 0.1) is 0 Å². The van der Waals surface area contributed by atoms with Crippen molar-refractivity contribution in [3.63, 3.8) is 0 Å². The number of hydrogen-bond donors (Lipinski definition) is 2. The SMILES string of the molecule is CC(C)n1cnnc1-c1cccc(NC(=O)c2cccc(C(=O)Nc3cnccn3)c2)n1. The van der Waals surface area contributed by atoms with Crippen LogP contribution in [-0.2, 0) is 0 Å². The Morgan fingerprint density at radius 1 is 0.938 bits per heavy atom. The number of carbonyl (C=O) groups excluding carboxylic acids is 2. The van der Waals surface area contributed by atoms with Crippen molar-refractivity contribution in [1.29, 1.82) is 0 Å². The Bertz CT molecular complexity index is 1250. The normalized spacial score (nSPS) is 10.7. The third-order valence-electron chi connectivity index (χ3n) is 4.54. The summed E-state index contributed by atoms with van der Waals surface area (Å²) in [5, 5.41) is 13.5. The van der Waals surface area contributed by atoms with Gasteiger partial charge in [-0.3, -0.25) is 14.6 Å². The van der Waals surface area contributed by atoms with Crippen molar-refractivity contribution >= 4 is 23.5 Å². The van der Waals surface area contributed by atoms with Gasteiger partial charge in [-0.05, 0) is 44.2 Å². The summed E-state index contributed by atoms with van der Waals surface area (Å²) in [5.41, 5.74) is 1.22. The topological polar surface area (TPSA) is 128 Å². The zero-order chi connectivity index (χ0) is 22.5. The minimum atomic E-state index is -0.395. The third kappa shape index (κ3) is 4.64. The smallest absolute Gasteiger partial charge is 0.256 e. The fourth-order valence-electron chi connectivity index (χ4n) is 2.98. The zero-order valence-electron chi connectivity index (χ0n) is 17.4. The summed E-state index contributed by atoms with van der Waals surface area (Å²) < 4.78 is 1.90. The van der Waals surface area contributed by atoms with Crippen LogP contribution in [0.3, 0.4) is 0 Å². The van der Waals surface area contributed by atoms with Crippen molar-refractivity contribution < 1.29 is 9.59 Å². The van der Waals surface area contributed by atoms with Gasteiger partial charge in [0.05, 0.1) is 6.20 Å². The first kappa shape index (κ1) is 20.8. The number of rotatable bonds is 6. The van der Waals surface area contributed by atoms with E-state index in [1.165, 1.54) is 24.7 Å². The lowest BCUT2D eigenvalue weighted by Crippen LogP contribution is -2.16. The molecule has 2 amide bonds. The number of nitrogens with zero attached hydrogens (tertiary/aromatic N) is 6. The standard InChI is InChI=1S/C22H20N8O2/c1-14(2)30-13-25-29-20(30)17-7-4-8-18(26-17)27-21(31)15-5-3-6-16(11-15)22(32)28-19-12-23-9-10-24-19/h3-14H,1-2H3,(H,24,28,32)(H,26,27,31). The van der Waals surface area contributed by atoms with Crippen LogP contribution < -0.4 is 10.6 Å². The van der Waals surface area contributed by atoms with Crippen molar-refractivity contribution in [3.05, 3.63) is 78.5 Å². The molecule has 4 rings (SSSR count). The van der Waals surface area contributed by atoms with Crippen LogP contribution >= 0.6 is 0 Å². The van der Waals surface area contributed by atoms with Crippen molar-refractivity contribution in [2.24, 2.45) is 0 Å². The van der Waals surface area contributed by atoms with E-state index in [2.05, 4.69) is 35.8 Å². The molecule has 160 valence electrons. The molecule has 3 aromatic heterocycles. The number of hydrogen-bond acceptors (Lipinski definition) is 7. The lowest BCUT2D eigenvalue weighted by molar-refractivity contribution is 0.102. The van der Waals surface area contributed by atoms with Gasteiger partial charge in [0, 0.05) is 29.6 Å². The molecule has 4 aromatic rings. The summed E-state index contributed by atoms with van der Waals surface area (Å²) in [5.74, 6) is 0.504. The Labute approximate surface area is 183 Å². The summed E-state index contributed by atoms with van der Waals surface area (Å²) in [6.07, 6.45) is 6.07. The van der Waals surface area contributed by atoms with Gasteiger partial charge in [0.15, 0.2) is 11.6 Å². The van der Waals surface area contributed by atoms with E-state index in [0.717, 1.165) is 0 Å². The highest BCUT2D eigenvalue weighted by molar-refractivity contribution is 6.08. The molecular weight excluding hydrogens is 408 g/mol. The molecule has 0 fully saturated rings. The molecule has 3 heterocycles. The fraction of sp³-hybridized carbons (Fsp3) is 0.136. The maximum Gasteiger partial charge on any atom is 0.256 e. The monoisotopic (exact) mass is 428 g/mol. The molecule has 0 aliphatic rings. The molecule has 0 radical (unpaired) electrons. The predicted molar refractivity (Wildman–Crippen MR) is 118 cm³/mol. The molecule has 2 N–H and O–H groups in total. The van der Waals surface area contributed by atoms with Crippen LogP contribution in [0.25, 0.3) is 11.5 Å². The average molecular weight is 428 g/mol. The lowest BCUT2D eigenvalue weighted by Gasteiger charge is -2.11. The number of nitrogens with one attached hydrogen (secondary N) is 2. The Morgan fingerprint density at radius 2 is 1.66 bits per heavy atom. The van der Waals surface area contributed by atoms with Gasteiger partial charge in [0.1, 0.15) is 17.8 Å². The predicted octanol–water partition coefficient (Wildman–Crippen LogP) is 3.22. The first-order valence-electron chi connectivity index (χ1n) is 9.87. The van der Waals surface area contributed by atoms with Crippen molar-refractivity contribution in [3.8, 4) is 11.5 Å². The molecule has 0 saturated heterocycles. The second kappa shape index (κ2) is 9.13. The highest BCUT2D eigenvalue weighted by Crippen LogP contribution is 2.20. The van der Waals surface area contributed by atoms with Crippen LogP contribution in [0.1, 0.15) is 40.6 Å². The number of aromatic nitrogens is 6. The summed E-state index contributed by atoms with van der Waals surface area (Å²) in [6, 6.07) is 11.8. The highest BCUT2D eigenvalue weighted by Gasteiger charge is 2.14. The van der Waals surface area contributed by atoms with Crippen molar-refractivity contribution in [2.75, 3.05) is 10.6 Å². The summed E-state index contributed by atoms with van der Waals surface area (Å²) in [4.78, 5) is 37.7. The molecule has 0 saturated carbocycles. The van der Waals surface area contributed by atoms with Gasteiger partial charge in [0.2, 0.25) is 0 Å². The Balaban J connectivity index is 1.50. The second-order valence-corrected chi connectivity index (χ2v) is 7.14. The van der Waals surface area contributed by atoms with E-state index in [1.54, 1.807) is 42.7 Å². The van der Waals surface area contributed by atoms with Crippen LogP contribution in [-0.4, -0.2) is 41.5 Å². The van der Waals surface area contributed by atoms with Gasteiger partial charge in [-0.25, -0.2) is 9.97 Å². The largest absolute Gasteiger partial charge is 0.310 e. The molecule has 0 unspecified atom stereocenters. The molecule has 32 heavy (non-hydrogen) atoms. The minimum absolute atomic E-state index is 0.163. The van der Waals surface area contributed by atoms with E-state index in [0.29, 0.717) is 34.3 Å². The second-order valence-electron chi connectivity index (χ2n) is 7.14. The first-order valence-corrected chi connectivity index (χ1v) is 9.87. The van der Waals surface area contributed by atoms with Gasteiger partial charge in [0.25, 0.3) is 11.8 Å². The van der Waals surface area contributed by atoms with E-state index in [9.17, 15) is 9.59 Å². The van der Waals surface area contributed by atoms with E-state index in [4.69, 9.17) is 0 Å². The van der Waals surface area contributed by atoms with E-state index in [1.807, 2.05) is 18.4 Å². The van der Waals surface area contributed by atoms with E-state index >= 15 is 0 Å². The molecule has 10 heteroatoms. The maximum absolute atomic E-state index is 12.8. The third-order valence-corrected chi connectivity index (χ3v) is 4.54. The molecule has 0 aliphatic carbocycles. The molecule has 0 atom stereocenters. The van der Waals surface area contributed by atoms with Crippen molar-refractivity contribution in [2.45, 2.75) is 19.9 Å². The van der Waals surface area contributed by atoms with Gasteiger partial charge in [-0.2, -0.15) is 0 Å². The molecule has 1 aromatic carbocycles. The van der Waals surface area contributed by atoms with E-state index in [-0.39, 0.29) is 6.04 Å². The van der Waals surface area contributed by atoms with Crippen LogP contribution in [0.15, 0.2) is 67.4 Å². The maximum atomic E-state index is 12.8. The summed E-state index contributed by atoms with van der Waals surface area (Å²) in [6.45, 7) is 4.04. The summed E-state index contributed by atoms with van der Waals surface area (Å²) >= 11 is 0. The quantitative estimate of drug-likeness (QED) is 0.483. The average Bonchev–Trinajstić information content (AvgIpc) is 3.30. The Morgan fingerprint density at radius 3 is 2.34 bits per heavy atom. The number of benzene rings is 1. The minimum Gasteiger partial charge on any atom is -0.310 e. The molecule has 0 aliphatic heterocycles. The first-order chi connectivity index (χ1) is 15.5. The number of amides is 2. The number of carbonyl (C=O) groups is 2. The van der Waals surface area contributed by atoms with E-state index < -0.39 is 11.8 Å². The number of anilines is 2. The van der Waals surface area contributed by atoms with Crippen LogP contribution in [0.4, 0.5) is 11.6 Å².